The van der Waals surface area contributed by atoms with Gasteiger partial charge in [0.2, 0.25) is 0 Å². The molecule has 7 nitrogen and oxygen atoms in total. The Hall–Kier alpha value is -3.24. The molecule has 0 saturated heterocycles. The Bertz CT molecular complexity index is 1070. The average Bonchev–Trinajstić information content (AvgIpc) is 3.13. The summed E-state index contributed by atoms with van der Waals surface area (Å²) in [5, 5.41) is 23.1. The second-order valence-corrected chi connectivity index (χ2v) is 6.88. The average molecular weight is 392 g/mol. The molecule has 0 amide bonds. The van der Waals surface area contributed by atoms with Crippen molar-refractivity contribution in [2.45, 2.75) is 45.6 Å². The van der Waals surface area contributed by atoms with Gasteiger partial charge in [-0.15, -0.1) is 0 Å². The highest BCUT2D eigenvalue weighted by atomic mass is 16.5. The number of pyridine rings is 1. The normalized spacial score (nSPS) is 10.9. The molecule has 150 valence electrons. The molecule has 0 fully saturated rings. The van der Waals surface area contributed by atoms with E-state index >= 15 is 0 Å². The molecule has 0 spiro atoms. The summed E-state index contributed by atoms with van der Waals surface area (Å²) < 4.78 is 7.34. The van der Waals surface area contributed by atoms with Gasteiger partial charge in [0.1, 0.15) is 6.07 Å². The molecular weight excluding hydrogens is 368 g/mol. The quantitative estimate of drug-likeness (QED) is 0.556. The molecule has 0 aliphatic rings. The first-order valence-corrected chi connectivity index (χ1v) is 9.67. The summed E-state index contributed by atoms with van der Waals surface area (Å²) in [6, 6.07) is 8.08. The van der Waals surface area contributed by atoms with Crippen molar-refractivity contribution >= 4 is 11.5 Å². The second-order valence-electron chi connectivity index (χ2n) is 6.88. The van der Waals surface area contributed by atoms with Crippen LogP contribution in [0.1, 0.15) is 48.7 Å². The summed E-state index contributed by atoms with van der Waals surface area (Å²) in [6.45, 7) is 2.43. The number of rotatable bonds is 9. The largest absolute Gasteiger partial charge is 0.481 e. The third kappa shape index (κ3) is 4.44. The number of nitriles is 1. The minimum atomic E-state index is -0.791. The maximum absolute atomic E-state index is 10.9. The fraction of sp³-hybridized carbons (Fsp3) is 0.364. The van der Waals surface area contributed by atoms with Crippen molar-refractivity contribution in [1.82, 2.24) is 14.6 Å². The third-order valence-corrected chi connectivity index (χ3v) is 4.93. The van der Waals surface area contributed by atoms with Crippen molar-refractivity contribution in [2.75, 3.05) is 7.11 Å². The predicted molar refractivity (Wildman–Crippen MR) is 108 cm³/mol. The molecular formula is C22H24N4O3. The van der Waals surface area contributed by atoms with Gasteiger partial charge < -0.3 is 9.84 Å². The molecule has 0 radical (unpaired) electrons. The highest BCUT2D eigenvalue weighted by Crippen LogP contribution is 2.33. The number of hydrogen-bond donors (Lipinski definition) is 1. The fourth-order valence-electron chi connectivity index (χ4n) is 3.59. The zero-order valence-electron chi connectivity index (χ0n) is 16.7. The Kier molecular flexibility index (Phi) is 6.57. The molecule has 3 heterocycles. The van der Waals surface area contributed by atoms with Crippen LogP contribution in [0.25, 0.3) is 16.6 Å². The lowest BCUT2D eigenvalue weighted by Gasteiger charge is -2.17. The predicted octanol–water partition coefficient (Wildman–Crippen LogP) is 3.77. The monoisotopic (exact) mass is 392 g/mol. The summed E-state index contributed by atoms with van der Waals surface area (Å²) in [4.78, 5) is 15.1. The molecule has 0 aromatic carbocycles. The van der Waals surface area contributed by atoms with Crippen LogP contribution in [0.2, 0.25) is 0 Å². The smallest absolute Gasteiger partial charge is 0.303 e. The van der Waals surface area contributed by atoms with Gasteiger partial charge in [0.05, 0.1) is 23.4 Å². The van der Waals surface area contributed by atoms with E-state index < -0.39 is 5.97 Å². The molecule has 7 heteroatoms. The number of ether oxygens (including phenoxy) is 1. The standard InChI is InChI=1S/C22H24N4O3/c1-3-17-8-9-20-22(16-10-15(11-23)12-24-13-16)18(6-4-5-7-21(27)28)19(14-29-2)25-26(17)20/h8-10,12-13H,3-7,14H2,1-2H3,(H,27,28). The number of unbranched alkanes of at least 4 members (excludes halogenated alkanes) is 1. The van der Waals surface area contributed by atoms with Crippen LogP contribution in [-0.2, 0) is 29.0 Å². The Morgan fingerprint density at radius 2 is 2.14 bits per heavy atom. The van der Waals surface area contributed by atoms with Crippen LogP contribution in [0.15, 0.2) is 30.6 Å². The first-order chi connectivity index (χ1) is 14.1. The van der Waals surface area contributed by atoms with E-state index in [1.165, 1.54) is 0 Å². The summed E-state index contributed by atoms with van der Waals surface area (Å²) in [7, 11) is 1.63. The fourth-order valence-corrected chi connectivity index (χ4v) is 3.59. The highest BCUT2D eigenvalue weighted by molar-refractivity contribution is 5.84. The van der Waals surface area contributed by atoms with Gasteiger partial charge in [0.25, 0.3) is 0 Å². The van der Waals surface area contributed by atoms with E-state index in [9.17, 15) is 10.1 Å². The maximum Gasteiger partial charge on any atom is 0.303 e. The summed E-state index contributed by atoms with van der Waals surface area (Å²) >= 11 is 0. The maximum atomic E-state index is 10.9. The molecule has 0 aliphatic carbocycles. The van der Waals surface area contributed by atoms with Crippen LogP contribution in [0.4, 0.5) is 0 Å². The van der Waals surface area contributed by atoms with Crippen LogP contribution in [0.5, 0.6) is 0 Å². The summed E-state index contributed by atoms with van der Waals surface area (Å²) in [5.74, 6) is -0.791. The topological polar surface area (TPSA) is 101 Å². The Labute approximate surface area is 169 Å². The molecule has 0 bridgehead atoms. The van der Waals surface area contributed by atoms with Crippen molar-refractivity contribution in [3.63, 3.8) is 0 Å². The van der Waals surface area contributed by atoms with E-state index in [2.05, 4.69) is 24.0 Å². The molecule has 0 saturated carbocycles. The van der Waals surface area contributed by atoms with E-state index in [0.29, 0.717) is 25.0 Å². The summed E-state index contributed by atoms with van der Waals surface area (Å²) in [5.41, 5.74) is 6.19. The van der Waals surface area contributed by atoms with Gasteiger partial charge in [-0.25, -0.2) is 4.52 Å². The van der Waals surface area contributed by atoms with Crippen molar-refractivity contribution in [3.05, 3.63) is 53.1 Å². The third-order valence-electron chi connectivity index (χ3n) is 4.93. The van der Waals surface area contributed by atoms with Crippen molar-refractivity contribution in [1.29, 1.82) is 5.26 Å². The molecule has 29 heavy (non-hydrogen) atoms. The highest BCUT2D eigenvalue weighted by Gasteiger charge is 2.19. The van der Waals surface area contributed by atoms with Crippen molar-refractivity contribution in [2.24, 2.45) is 0 Å². The SMILES string of the molecule is CCc1ccc2c(-c3cncc(C#N)c3)c(CCCCC(=O)O)c(COC)nn12. The second kappa shape index (κ2) is 9.30. The molecule has 0 unspecified atom stereocenters. The van der Waals surface area contributed by atoms with Crippen LogP contribution in [0.3, 0.4) is 0 Å². The minimum Gasteiger partial charge on any atom is -0.481 e. The number of aliphatic carboxylic acids is 1. The van der Waals surface area contributed by atoms with Crippen LogP contribution in [-0.4, -0.2) is 32.8 Å². The molecule has 1 N–H and O–H groups in total. The number of aromatic nitrogens is 3. The van der Waals surface area contributed by atoms with Gasteiger partial charge in [0.15, 0.2) is 0 Å². The number of carboxylic acid groups (broad SMARTS) is 1. The molecule has 3 rings (SSSR count). The zero-order chi connectivity index (χ0) is 20.8. The number of aryl methyl sites for hydroxylation is 1. The van der Waals surface area contributed by atoms with Gasteiger partial charge in [-0.3, -0.25) is 9.78 Å². The number of nitrogens with zero attached hydrogens (tertiary/aromatic N) is 4. The molecule has 3 aromatic heterocycles. The van der Waals surface area contributed by atoms with Crippen LogP contribution in [0, 0.1) is 11.3 Å². The van der Waals surface area contributed by atoms with Gasteiger partial charge in [-0.2, -0.15) is 10.4 Å². The zero-order valence-corrected chi connectivity index (χ0v) is 16.7. The minimum absolute atomic E-state index is 0.140. The number of carbonyl (C=O) groups is 1. The molecule has 0 aliphatic heterocycles. The Morgan fingerprint density at radius 3 is 2.83 bits per heavy atom. The lowest BCUT2D eigenvalue weighted by Crippen LogP contribution is -2.10. The van der Waals surface area contributed by atoms with Gasteiger partial charge in [-0.05, 0) is 49.4 Å². The number of methoxy groups -OCH3 is 1. The van der Waals surface area contributed by atoms with Gasteiger partial charge in [-0.1, -0.05) is 6.92 Å². The van der Waals surface area contributed by atoms with E-state index in [1.54, 1.807) is 19.5 Å². The van der Waals surface area contributed by atoms with Gasteiger partial charge in [0, 0.05) is 42.7 Å². The van der Waals surface area contributed by atoms with E-state index in [0.717, 1.165) is 46.4 Å². The molecule has 3 aromatic rings. The van der Waals surface area contributed by atoms with E-state index in [4.69, 9.17) is 14.9 Å². The van der Waals surface area contributed by atoms with Crippen molar-refractivity contribution < 1.29 is 14.6 Å². The lowest BCUT2D eigenvalue weighted by atomic mass is 9.94. The van der Waals surface area contributed by atoms with Crippen molar-refractivity contribution in [3.8, 4) is 17.2 Å². The number of hydrogen-bond acceptors (Lipinski definition) is 5. The summed E-state index contributed by atoms with van der Waals surface area (Å²) in [6.07, 6.45) is 6.26. The Morgan fingerprint density at radius 1 is 1.31 bits per heavy atom. The number of carboxylic acids is 1. The first-order valence-electron chi connectivity index (χ1n) is 9.67. The van der Waals surface area contributed by atoms with E-state index in [-0.39, 0.29) is 6.42 Å². The lowest BCUT2D eigenvalue weighted by molar-refractivity contribution is -0.137. The first kappa shape index (κ1) is 20.5. The number of fused-ring (bicyclic) bond motifs is 1. The van der Waals surface area contributed by atoms with Crippen LogP contribution < -0.4 is 0 Å². The van der Waals surface area contributed by atoms with E-state index in [1.807, 2.05) is 16.6 Å². The Balaban J connectivity index is 2.19. The molecule has 0 atom stereocenters. The van der Waals surface area contributed by atoms with Crippen LogP contribution >= 0.6 is 0 Å². The van der Waals surface area contributed by atoms with Gasteiger partial charge >= 0.3 is 5.97 Å².